The first-order valence-corrected chi connectivity index (χ1v) is 8.72. The van der Waals surface area contributed by atoms with Gasteiger partial charge in [-0.15, -0.1) is 13.2 Å². The van der Waals surface area contributed by atoms with E-state index in [2.05, 4.69) is 10.1 Å². The summed E-state index contributed by atoms with van der Waals surface area (Å²) in [6.07, 6.45) is -4.80. The lowest BCUT2D eigenvalue weighted by molar-refractivity contribution is -0.274. The largest absolute Gasteiger partial charge is 0.573 e. The number of anilines is 1. The molecule has 0 aromatic heterocycles. The lowest BCUT2D eigenvalue weighted by Crippen LogP contribution is -2.27. The van der Waals surface area contributed by atoms with Crippen molar-refractivity contribution in [1.29, 1.82) is 0 Å². The number of rotatable bonds is 6. The lowest BCUT2D eigenvalue weighted by atomic mass is 10.2. The molecular weight excluding hydrogens is 389 g/mol. The van der Waals surface area contributed by atoms with Gasteiger partial charge in [-0.1, -0.05) is 0 Å². The van der Waals surface area contributed by atoms with Crippen molar-refractivity contribution in [3.8, 4) is 11.5 Å². The van der Waals surface area contributed by atoms with Crippen molar-refractivity contribution in [3.63, 3.8) is 0 Å². The topological polar surface area (TPSA) is 84.9 Å². The molecule has 0 aliphatic carbocycles. The van der Waals surface area contributed by atoms with E-state index in [1.165, 1.54) is 50.5 Å². The normalized spacial score (nSPS) is 11.9. The predicted molar refractivity (Wildman–Crippen MR) is 90.8 cm³/mol. The number of nitrogens with one attached hydrogen (secondary N) is 1. The van der Waals surface area contributed by atoms with Gasteiger partial charge in [0.05, 0.1) is 0 Å². The minimum atomic E-state index is -4.80. The third-order valence-corrected chi connectivity index (χ3v) is 4.41. The fraction of sp³-hybridized carbons (Fsp3) is 0.188. The van der Waals surface area contributed by atoms with Crippen LogP contribution >= 0.6 is 0 Å². The second kappa shape index (κ2) is 7.84. The average molecular weight is 404 g/mol. The van der Waals surface area contributed by atoms with E-state index in [9.17, 15) is 26.4 Å². The van der Waals surface area contributed by atoms with E-state index in [1.807, 2.05) is 0 Å². The summed E-state index contributed by atoms with van der Waals surface area (Å²) < 4.78 is 69.0. The highest BCUT2D eigenvalue weighted by Crippen LogP contribution is 2.24. The van der Waals surface area contributed by atoms with Crippen molar-refractivity contribution in [2.75, 3.05) is 19.4 Å². The molecule has 0 bridgehead atoms. The molecule has 0 saturated heterocycles. The van der Waals surface area contributed by atoms with Crippen molar-refractivity contribution in [2.45, 2.75) is 6.36 Å². The van der Waals surface area contributed by atoms with Crippen molar-refractivity contribution in [3.05, 3.63) is 54.1 Å². The van der Waals surface area contributed by atoms with Gasteiger partial charge < -0.3 is 14.2 Å². The van der Waals surface area contributed by atoms with Crippen LogP contribution < -0.4 is 14.2 Å². The monoisotopic (exact) mass is 404 g/mol. The molecule has 146 valence electrons. The number of alkyl halides is 3. The van der Waals surface area contributed by atoms with E-state index < -0.39 is 28.3 Å². The predicted octanol–water partition coefficient (Wildman–Crippen LogP) is 3.02. The highest BCUT2D eigenvalue weighted by molar-refractivity contribution is 7.84. The van der Waals surface area contributed by atoms with Gasteiger partial charge in [0, 0.05) is 25.3 Å². The average Bonchev–Trinajstić information content (AvgIpc) is 2.55. The van der Waals surface area contributed by atoms with Crippen LogP contribution in [0.1, 0.15) is 10.4 Å². The SMILES string of the molecule is CN(C)S(=O)(=O)Oc1ccc(C(=O)Nc2ccc(OC(F)(F)F)cc2)cc1. The first-order chi connectivity index (χ1) is 12.5. The van der Waals surface area contributed by atoms with Crippen LogP contribution in [0.3, 0.4) is 0 Å². The molecule has 2 aromatic carbocycles. The maximum absolute atomic E-state index is 12.1. The zero-order valence-electron chi connectivity index (χ0n) is 14.1. The zero-order chi connectivity index (χ0) is 20.2. The molecular formula is C16H15F3N2O5S. The summed E-state index contributed by atoms with van der Waals surface area (Å²) >= 11 is 0. The van der Waals surface area contributed by atoms with Gasteiger partial charge in [-0.3, -0.25) is 4.79 Å². The number of carbonyl (C=O) groups is 1. The third-order valence-electron chi connectivity index (χ3n) is 3.11. The molecule has 0 spiro atoms. The van der Waals surface area contributed by atoms with Gasteiger partial charge in [-0.2, -0.15) is 12.7 Å². The Bertz CT molecular complexity index is 895. The Morgan fingerprint density at radius 3 is 1.96 bits per heavy atom. The van der Waals surface area contributed by atoms with E-state index in [4.69, 9.17) is 4.18 Å². The zero-order valence-corrected chi connectivity index (χ0v) is 15.0. The van der Waals surface area contributed by atoms with Crippen LogP contribution in [0, 0.1) is 0 Å². The van der Waals surface area contributed by atoms with Crippen LogP contribution in [0.25, 0.3) is 0 Å². The minimum absolute atomic E-state index is 0.0221. The maximum atomic E-state index is 12.1. The molecule has 1 N–H and O–H groups in total. The Balaban J connectivity index is 2.02. The Kier molecular flexibility index (Phi) is 5.96. The molecule has 0 heterocycles. The summed E-state index contributed by atoms with van der Waals surface area (Å²) in [5.74, 6) is -0.931. The van der Waals surface area contributed by atoms with Crippen molar-refractivity contribution >= 4 is 21.9 Å². The van der Waals surface area contributed by atoms with E-state index >= 15 is 0 Å². The number of ether oxygens (including phenoxy) is 1. The van der Waals surface area contributed by atoms with Crippen molar-refractivity contribution in [2.24, 2.45) is 0 Å². The summed E-state index contributed by atoms with van der Waals surface area (Å²) in [5.41, 5.74) is 0.449. The second-order valence-electron chi connectivity index (χ2n) is 5.37. The molecule has 0 saturated carbocycles. The number of nitrogens with zero attached hydrogens (tertiary/aromatic N) is 1. The highest BCUT2D eigenvalue weighted by atomic mass is 32.2. The van der Waals surface area contributed by atoms with Gasteiger partial charge in [-0.25, -0.2) is 0 Å². The molecule has 0 unspecified atom stereocenters. The fourth-order valence-corrected chi connectivity index (χ4v) is 2.30. The number of halogens is 3. The number of benzene rings is 2. The lowest BCUT2D eigenvalue weighted by Gasteiger charge is -2.12. The number of hydrogen-bond acceptors (Lipinski definition) is 5. The molecule has 0 atom stereocenters. The van der Waals surface area contributed by atoms with E-state index in [0.717, 1.165) is 16.4 Å². The molecule has 27 heavy (non-hydrogen) atoms. The first-order valence-electron chi connectivity index (χ1n) is 7.35. The van der Waals surface area contributed by atoms with Crippen molar-refractivity contribution in [1.82, 2.24) is 4.31 Å². The quantitative estimate of drug-likeness (QED) is 0.800. The summed E-state index contributed by atoms with van der Waals surface area (Å²) in [6.45, 7) is 0. The molecule has 0 aliphatic rings. The molecule has 11 heteroatoms. The molecule has 1 amide bonds. The Labute approximate surface area is 153 Å². The first kappa shape index (κ1) is 20.5. The van der Waals surface area contributed by atoms with Crippen LogP contribution in [0.15, 0.2) is 48.5 Å². The number of amides is 1. The summed E-state index contributed by atoms with van der Waals surface area (Å²) in [7, 11) is -1.29. The minimum Gasteiger partial charge on any atom is -0.406 e. The smallest absolute Gasteiger partial charge is 0.406 e. The van der Waals surface area contributed by atoms with Gasteiger partial charge in [0.15, 0.2) is 0 Å². The van der Waals surface area contributed by atoms with Gasteiger partial charge in [0.2, 0.25) is 0 Å². The molecule has 0 radical (unpaired) electrons. The molecule has 7 nitrogen and oxygen atoms in total. The summed E-state index contributed by atoms with van der Waals surface area (Å²) in [5, 5.41) is 2.49. The van der Waals surface area contributed by atoms with Crippen LogP contribution in [-0.2, 0) is 10.3 Å². The van der Waals surface area contributed by atoms with E-state index in [1.54, 1.807) is 0 Å². The number of carbonyl (C=O) groups excluding carboxylic acids is 1. The van der Waals surface area contributed by atoms with E-state index in [-0.39, 0.29) is 17.0 Å². The van der Waals surface area contributed by atoms with E-state index in [0.29, 0.717) is 0 Å². The maximum Gasteiger partial charge on any atom is 0.573 e. The Morgan fingerprint density at radius 2 is 1.48 bits per heavy atom. The van der Waals surface area contributed by atoms with Gasteiger partial charge in [0.25, 0.3) is 5.91 Å². The molecule has 2 aromatic rings. The fourth-order valence-electron chi connectivity index (χ4n) is 1.80. The van der Waals surface area contributed by atoms with Gasteiger partial charge >= 0.3 is 16.7 Å². The Morgan fingerprint density at radius 1 is 0.963 bits per heavy atom. The Hall–Kier alpha value is -2.79. The van der Waals surface area contributed by atoms with Crippen molar-refractivity contribution < 1.29 is 35.3 Å². The van der Waals surface area contributed by atoms with Gasteiger partial charge in [-0.05, 0) is 48.5 Å². The standard InChI is InChI=1S/C16H15F3N2O5S/c1-21(2)27(23,24)26-14-7-3-11(4-8-14)15(22)20-12-5-9-13(10-6-12)25-16(17,18)19/h3-10H,1-2H3,(H,20,22). The van der Waals surface area contributed by atoms with Crippen LogP contribution in [0.5, 0.6) is 11.5 Å². The summed E-state index contributed by atoms with van der Waals surface area (Å²) in [6, 6.07) is 9.92. The van der Waals surface area contributed by atoms with Gasteiger partial charge in [0.1, 0.15) is 11.5 Å². The van der Waals surface area contributed by atoms with Crippen LogP contribution in [0.4, 0.5) is 18.9 Å². The molecule has 0 aliphatic heterocycles. The number of hydrogen-bond donors (Lipinski definition) is 1. The second-order valence-corrected chi connectivity index (χ2v) is 7.13. The molecule has 0 fully saturated rings. The van der Waals surface area contributed by atoms with Crippen LogP contribution in [-0.4, -0.2) is 39.1 Å². The van der Waals surface area contributed by atoms with Crippen LogP contribution in [0.2, 0.25) is 0 Å². The molecule has 2 rings (SSSR count). The highest BCUT2D eigenvalue weighted by Gasteiger charge is 2.31. The summed E-state index contributed by atoms with van der Waals surface area (Å²) in [4.78, 5) is 12.1. The third kappa shape index (κ3) is 6.15.